The van der Waals surface area contributed by atoms with Gasteiger partial charge in [-0.1, -0.05) is 13.0 Å². The van der Waals surface area contributed by atoms with E-state index >= 15 is 0 Å². The summed E-state index contributed by atoms with van der Waals surface area (Å²) in [6, 6.07) is 8.89. The van der Waals surface area contributed by atoms with E-state index in [1.807, 2.05) is 0 Å². The Morgan fingerprint density at radius 2 is 1.82 bits per heavy atom. The molecule has 0 aliphatic carbocycles. The fourth-order valence-electron chi connectivity index (χ4n) is 4.12. The molecular formula is C24H24F2N6O2. The summed E-state index contributed by atoms with van der Waals surface area (Å²) in [5.41, 5.74) is 0.901. The van der Waals surface area contributed by atoms with Crippen LogP contribution >= 0.6 is 0 Å². The molecule has 1 amide bonds. The van der Waals surface area contributed by atoms with Crippen molar-refractivity contribution in [3.8, 4) is 5.69 Å². The molecule has 4 rings (SSSR count). The van der Waals surface area contributed by atoms with Crippen molar-refractivity contribution in [1.29, 1.82) is 5.41 Å². The molecule has 10 heteroatoms. The van der Waals surface area contributed by atoms with Crippen molar-refractivity contribution in [3.63, 3.8) is 0 Å². The summed E-state index contributed by atoms with van der Waals surface area (Å²) in [4.78, 5) is 27.5. The van der Waals surface area contributed by atoms with Gasteiger partial charge >= 0.3 is 0 Å². The summed E-state index contributed by atoms with van der Waals surface area (Å²) in [5.74, 6) is -2.15. The van der Waals surface area contributed by atoms with Crippen molar-refractivity contribution in [2.75, 3.05) is 35.7 Å². The number of para-hydroxylation sites is 1. The molecule has 1 aromatic heterocycles. The Kier molecular flexibility index (Phi) is 6.40. The van der Waals surface area contributed by atoms with E-state index in [4.69, 9.17) is 5.41 Å². The van der Waals surface area contributed by atoms with Gasteiger partial charge in [-0.25, -0.2) is 8.78 Å². The van der Waals surface area contributed by atoms with Crippen LogP contribution in [0.25, 0.3) is 5.69 Å². The Labute approximate surface area is 194 Å². The molecule has 0 bridgehead atoms. The highest BCUT2D eigenvalue weighted by Gasteiger charge is 2.26. The van der Waals surface area contributed by atoms with E-state index in [2.05, 4.69) is 27.6 Å². The number of aromatic nitrogens is 2. The second-order valence-electron chi connectivity index (χ2n) is 8.15. The molecule has 1 fully saturated rings. The fourth-order valence-corrected chi connectivity index (χ4v) is 4.12. The Balaban J connectivity index is 1.74. The molecule has 2 heterocycles. The van der Waals surface area contributed by atoms with Crippen molar-refractivity contribution in [2.45, 2.75) is 13.3 Å². The number of benzene rings is 2. The average Bonchev–Trinajstić information content (AvgIpc) is 3.25. The fraction of sp³-hybridized carbons (Fsp3) is 0.250. The number of hydrogen-bond acceptors (Lipinski definition) is 6. The van der Waals surface area contributed by atoms with Gasteiger partial charge in [0.25, 0.3) is 11.5 Å². The summed E-state index contributed by atoms with van der Waals surface area (Å²) >= 11 is 0. The van der Waals surface area contributed by atoms with Gasteiger partial charge in [-0.2, -0.15) is 9.78 Å². The van der Waals surface area contributed by atoms with E-state index in [-0.39, 0.29) is 5.69 Å². The second kappa shape index (κ2) is 9.42. The lowest BCUT2D eigenvalue weighted by Gasteiger charge is -2.25. The molecule has 0 radical (unpaired) electrons. The van der Waals surface area contributed by atoms with E-state index in [9.17, 15) is 18.4 Å². The van der Waals surface area contributed by atoms with Gasteiger partial charge in [-0.15, -0.1) is 0 Å². The third-order valence-electron chi connectivity index (χ3n) is 5.80. The summed E-state index contributed by atoms with van der Waals surface area (Å²) in [6.07, 6.45) is 2.22. The third-order valence-corrected chi connectivity index (χ3v) is 5.80. The van der Waals surface area contributed by atoms with Gasteiger partial charge in [0.15, 0.2) is 11.6 Å². The molecule has 0 spiro atoms. The van der Waals surface area contributed by atoms with Crippen LogP contribution in [0.1, 0.15) is 29.4 Å². The number of hydrogen-bond donors (Lipinski definition) is 3. The lowest BCUT2D eigenvalue weighted by atomic mass is 10.1. The number of halogens is 2. The quantitative estimate of drug-likeness (QED) is 0.481. The molecule has 2 aromatic carbocycles. The number of rotatable bonds is 6. The highest BCUT2D eigenvalue weighted by atomic mass is 19.1. The normalized spacial score (nSPS) is 15.3. The smallest absolute Gasteiger partial charge is 0.276 e. The van der Waals surface area contributed by atoms with Crippen LogP contribution in [0.15, 0.2) is 47.3 Å². The first-order chi connectivity index (χ1) is 16.3. The third kappa shape index (κ3) is 4.26. The lowest BCUT2D eigenvalue weighted by molar-refractivity contribution is 0.102. The van der Waals surface area contributed by atoms with E-state index in [1.54, 1.807) is 19.2 Å². The zero-order valence-electron chi connectivity index (χ0n) is 18.7. The summed E-state index contributed by atoms with van der Waals surface area (Å²) in [6.45, 7) is 3.68. The van der Waals surface area contributed by atoms with E-state index in [0.717, 1.165) is 43.4 Å². The number of carbonyl (C=O) groups is 1. The van der Waals surface area contributed by atoms with Crippen molar-refractivity contribution in [1.82, 2.24) is 9.78 Å². The van der Waals surface area contributed by atoms with Crippen molar-refractivity contribution in [2.24, 2.45) is 5.92 Å². The van der Waals surface area contributed by atoms with Gasteiger partial charge in [0.05, 0.1) is 11.4 Å². The summed E-state index contributed by atoms with van der Waals surface area (Å²) in [7, 11) is 1.76. The van der Waals surface area contributed by atoms with Crippen LogP contribution in [0.5, 0.6) is 0 Å². The number of nitrogens with one attached hydrogen (secondary N) is 3. The van der Waals surface area contributed by atoms with Crippen LogP contribution in [0.3, 0.4) is 0 Å². The van der Waals surface area contributed by atoms with Gasteiger partial charge in [0.2, 0.25) is 0 Å². The SMILES string of the molecule is CNc1ccc(NC(=O)c2ccc(=O)n(-c3c(F)cccc3F)n2)c(N2CCC(C)C2)c1C=N. The molecule has 34 heavy (non-hydrogen) atoms. The zero-order chi connectivity index (χ0) is 24.4. The molecule has 1 aliphatic heterocycles. The maximum Gasteiger partial charge on any atom is 0.276 e. The molecule has 1 unspecified atom stereocenters. The molecular weight excluding hydrogens is 442 g/mol. The van der Waals surface area contributed by atoms with Gasteiger partial charge in [-0.05, 0) is 42.7 Å². The Bertz CT molecular complexity index is 1300. The monoisotopic (exact) mass is 466 g/mol. The van der Waals surface area contributed by atoms with E-state index in [0.29, 0.717) is 27.5 Å². The molecule has 0 saturated carbocycles. The molecule has 1 saturated heterocycles. The number of anilines is 3. The van der Waals surface area contributed by atoms with Crippen molar-refractivity contribution in [3.05, 3.63) is 75.7 Å². The van der Waals surface area contributed by atoms with Crippen molar-refractivity contribution < 1.29 is 13.6 Å². The highest BCUT2D eigenvalue weighted by molar-refractivity contribution is 6.08. The number of amides is 1. The van der Waals surface area contributed by atoms with E-state index < -0.39 is 28.8 Å². The molecule has 8 nitrogen and oxygen atoms in total. The minimum absolute atomic E-state index is 0.197. The van der Waals surface area contributed by atoms with Crippen LogP contribution in [-0.2, 0) is 0 Å². The Morgan fingerprint density at radius 1 is 1.12 bits per heavy atom. The molecule has 3 aromatic rings. The van der Waals surface area contributed by atoms with Crippen molar-refractivity contribution >= 4 is 29.2 Å². The van der Waals surface area contributed by atoms with Gasteiger partial charge in [0, 0.05) is 43.7 Å². The first-order valence-corrected chi connectivity index (χ1v) is 10.8. The summed E-state index contributed by atoms with van der Waals surface area (Å²) < 4.78 is 29.0. The molecule has 1 aliphatic rings. The first-order valence-electron chi connectivity index (χ1n) is 10.8. The largest absolute Gasteiger partial charge is 0.388 e. The minimum atomic E-state index is -0.976. The van der Waals surface area contributed by atoms with Crippen LogP contribution in [0.4, 0.5) is 25.8 Å². The maximum atomic E-state index is 14.2. The lowest BCUT2D eigenvalue weighted by Crippen LogP contribution is -2.27. The highest BCUT2D eigenvalue weighted by Crippen LogP contribution is 2.37. The Hall–Kier alpha value is -4.08. The van der Waals surface area contributed by atoms with Gasteiger partial charge in [0.1, 0.15) is 11.4 Å². The standard InChI is InChI=1S/C24H24F2N6O2/c1-14-10-11-31(13-14)22-15(12-27)18(28-2)6-7-19(22)29-24(34)20-8-9-21(33)32(30-20)23-16(25)4-3-5-17(23)26/h3-9,12,14,27-28H,10-11,13H2,1-2H3,(H,29,34). The van der Waals surface area contributed by atoms with E-state index in [1.165, 1.54) is 18.3 Å². The van der Waals surface area contributed by atoms with Gasteiger partial charge < -0.3 is 20.9 Å². The molecule has 1 atom stereocenters. The van der Waals surface area contributed by atoms with Crippen LogP contribution in [0.2, 0.25) is 0 Å². The minimum Gasteiger partial charge on any atom is -0.388 e. The zero-order valence-corrected chi connectivity index (χ0v) is 18.7. The topological polar surface area (TPSA) is 103 Å². The summed E-state index contributed by atoms with van der Waals surface area (Å²) in [5, 5.41) is 17.7. The van der Waals surface area contributed by atoms with Crippen LogP contribution in [0, 0.1) is 23.0 Å². The average molecular weight is 466 g/mol. The number of carbonyl (C=O) groups excluding carboxylic acids is 1. The number of nitrogens with zero attached hydrogens (tertiary/aromatic N) is 3. The molecule has 3 N–H and O–H groups in total. The molecule has 176 valence electrons. The van der Waals surface area contributed by atoms with Gasteiger partial charge in [-0.3, -0.25) is 9.59 Å². The van der Waals surface area contributed by atoms with Crippen LogP contribution < -0.4 is 21.1 Å². The maximum absolute atomic E-state index is 14.2. The predicted molar refractivity (Wildman–Crippen MR) is 128 cm³/mol. The Morgan fingerprint density at radius 3 is 2.44 bits per heavy atom. The first kappa shape index (κ1) is 23.1. The second-order valence-corrected chi connectivity index (χ2v) is 8.15. The predicted octanol–water partition coefficient (Wildman–Crippen LogP) is 3.65. The van der Waals surface area contributed by atoms with Crippen LogP contribution in [-0.4, -0.2) is 42.0 Å².